The zero-order chi connectivity index (χ0) is 27.0. The van der Waals surface area contributed by atoms with Gasteiger partial charge in [0.1, 0.15) is 11.5 Å². The molecule has 0 radical (unpaired) electrons. The zero-order valence-corrected chi connectivity index (χ0v) is 22.6. The van der Waals surface area contributed by atoms with Gasteiger partial charge >= 0.3 is 5.97 Å². The van der Waals surface area contributed by atoms with Crippen molar-refractivity contribution >= 4 is 17.7 Å². The van der Waals surface area contributed by atoms with Crippen LogP contribution in [-0.2, 0) is 4.79 Å². The van der Waals surface area contributed by atoms with Crippen molar-refractivity contribution in [3.63, 3.8) is 0 Å². The minimum absolute atomic E-state index is 0.000931. The number of carbonyl (C=O) groups is 1. The Balaban J connectivity index is 1.16. The smallest absolute Gasteiger partial charge is 0.303 e. The summed E-state index contributed by atoms with van der Waals surface area (Å²) in [5, 5.41) is 9.37. The Labute approximate surface area is 230 Å². The van der Waals surface area contributed by atoms with Crippen molar-refractivity contribution in [1.82, 2.24) is 19.2 Å². The Hall–Kier alpha value is -3.03. The van der Waals surface area contributed by atoms with Crippen LogP contribution >= 0.6 is 0 Å². The van der Waals surface area contributed by atoms with Crippen LogP contribution in [0.15, 0.2) is 55.4 Å². The monoisotopic (exact) mass is 530 g/mol. The van der Waals surface area contributed by atoms with E-state index in [1.54, 1.807) is 6.07 Å². The number of nitrogens with zero attached hydrogens (tertiary/aromatic N) is 4. The lowest BCUT2D eigenvalue weighted by Gasteiger charge is -2.49. The Kier molecular flexibility index (Phi) is 7.29. The van der Waals surface area contributed by atoms with Crippen LogP contribution in [-0.4, -0.2) is 68.5 Å². The Morgan fingerprint density at radius 2 is 2.00 bits per heavy atom. The highest BCUT2D eigenvalue weighted by Crippen LogP contribution is 2.47. The molecule has 6 rings (SSSR count). The maximum Gasteiger partial charge on any atom is 0.303 e. The van der Waals surface area contributed by atoms with E-state index in [4.69, 9.17) is 0 Å². The first kappa shape index (κ1) is 26.2. The van der Waals surface area contributed by atoms with Gasteiger partial charge in [-0.2, -0.15) is 0 Å². The summed E-state index contributed by atoms with van der Waals surface area (Å²) in [6.07, 6.45) is 12.5. The average Bonchev–Trinajstić information content (AvgIpc) is 3.53. The molecule has 4 heterocycles. The summed E-state index contributed by atoms with van der Waals surface area (Å²) in [5.74, 6) is 0.244. The molecular formula is C32H39FN4O2. The molecule has 0 bridgehead atoms. The summed E-state index contributed by atoms with van der Waals surface area (Å²) < 4.78 is 16.5. The molecule has 7 heteroatoms. The van der Waals surface area contributed by atoms with E-state index in [0.29, 0.717) is 18.3 Å². The predicted octanol–water partition coefficient (Wildman–Crippen LogP) is 5.80. The number of rotatable bonds is 9. The molecule has 0 unspecified atom stereocenters. The topological polar surface area (TPSA) is 61.1 Å². The summed E-state index contributed by atoms with van der Waals surface area (Å²) in [4.78, 5) is 21.2. The SMILES string of the molecule is C=Cc1ccc2ncc(C3CCN(C[C@H]4CN(C5(CCC(=O)O)CCC5)C[C@@H]4c4cccc(F)c4)CC3)n2c1. The molecule has 1 aromatic carbocycles. The van der Waals surface area contributed by atoms with E-state index in [1.165, 1.54) is 11.8 Å². The molecule has 1 saturated carbocycles. The van der Waals surface area contributed by atoms with E-state index < -0.39 is 5.97 Å². The first-order valence-corrected chi connectivity index (χ1v) is 14.5. The molecule has 2 atom stereocenters. The summed E-state index contributed by atoms with van der Waals surface area (Å²) in [6, 6.07) is 11.2. The number of benzene rings is 1. The van der Waals surface area contributed by atoms with Gasteiger partial charge in [0.05, 0.1) is 0 Å². The second-order valence-corrected chi connectivity index (χ2v) is 12.0. The number of likely N-dealkylation sites (tertiary alicyclic amines) is 2. The summed E-state index contributed by atoms with van der Waals surface area (Å²) in [5.41, 5.74) is 4.44. The van der Waals surface area contributed by atoms with Crippen LogP contribution in [0.5, 0.6) is 0 Å². The van der Waals surface area contributed by atoms with Crippen LogP contribution in [0.4, 0.5) is 4.39 Å². The van der Waals surface area contributed by atoms with Gasteiger partial charge in [-0.3, -0.25) is 9.69 Å². The van der Waals surface area contributed by atoms with E-state index in [9.17, 15) is 14.3 Å². The highest BCUT2D eigenvalue weighted by molar-refractivity contribution is 5.66. The first-order valence-electron chi connectivity index (χ1n) is 14.5. The third kappa shape index (κ3) is 5.27. The molecule has 206 valence electrons. The molecule has 3 aliphatic rings. The fraction of sp³-hybridized carbons (Fsp3) is 0.500. The summed E-state index contributed by atoms with van der Waals surface area (Å²) in [6.45, 7) is 8.82. The molecule has 3 aromatic rings. The van der Waals surface area contributed by atoms with Crippen LogP contribution in [0.2, 0.25) is 0 Å². The van der Waals surface area contributed by atoms with Crippen molar-refractivity contribution < 1.29 is 14.3 Å². The van der Waals surface area contributed by atoms with Gasteiger partial charge in [-0.1, -0.05) is 24.8 Å². The largest absolute Gasteiger partial charge is 0.481 e. The highest BCUT2D eigenvalue weighted by Gasteiger charge is 2.48. The first-order chi connectivity index (χ1) is 18.9. The molecule has 2 aliphatic heterocycles. The second-order valence-electron chi connectivity index (χ2n) is 12.0. The number of fused-ring (bicyclic) bond motifs is 1. The van der Waals surface area contributed by atoms with Gasteiger partial charge in [-0.05, 0) is 92.9 Å². The normalized spacial score (nSPS) is 24.1. The number of aromatic nitrogens is 2. The molecule has 2 saturated heterocycles. The van der Waals surface area contributed by atoms with Gasteiger partial charge in [0, 0.05) is 61.5 Å². The molecule has 2 aromatic heterocycles. The molecule has 6 nitrogen and oxygen atoms in total. The number of halogens is 1. The van der Waals surface area contributed by atoms with Crippen molar-refractivity contribution in [1.29, 1.82) is 0 Å². The molecule has 0 amide bonds. The summed E-state index contributed by atoms with van der Waals surface area (Å²) >= 11 is 0. The number of hydrogen-bond donors (Lipinski definition) is 1. The van der Waals surface area contributed by atoms with Crippen molar-refractivity contribution in [3.05, 3.63) is 78.0 Å². The number of aliphatic carboxylic acids is 1. The summed E-state index contributed by atoms with van der Waals surface area (Å²) in [7, 11) is 0. The lowest BCUT2D eigenvalue weighted by Crippen LogP contribution is -2.53. The quantitative estimate of drug-likeness (QED) is 0.379. The number of piperidine rings is 1. The average molecular weight is 531 g/mol. The fourth-order valence-corrected chi connectivity index (χ4v) is 7.39. The van der Waals surface area contributed by atoms with Crippen molar-refractivity contribution in [3.8, 4) is 0 Å². The van der Waals surface area contributed by atoms with E-state index in [-0.39, 0.29) is 23.7 Å². The highest BCUT2D eigenvalue weighted by atomic mass is 19.1. The molecule has 39 heavy (non-hydrogen) atoms. The number of carboxylic acids is 1. The molecular weight excluding hydrogens is 491 g/mol. The maximum absolute atomic E-state index is 14.3. The van der Waals surface area contributed by atoms with E-state index in [1.807, 2.05) is 18.3 Å². The zero-order valence-electron chi connectivity index (χ0n) is 22.6. The van der Waals surface area contributed by atoms with Crippen LogP contribution in [0.1, 0.15) is 73.6 Å². The third-order valence-electron chi connectivity index (χ3n) is 9.77. The second kappa shape index (κ2) is 10.9. The Bertz CT molecular complexity index is 1340. The number of hydrogen-bond acceptors (Lipinski definition) is 4. The van der Waals surface area contributed by atoms with Crippen molar-refractivity contribution in [2.75, 3.05) is 32.7 Å². The van der Waals surface area contributed by atoms with Crippen molar-refractivity contribution in [2.45, 2.75) is 62.3 Å². The lowest BCUT2D eigenvalue weighted by atomic mass is 9.72. The van der Waals surface area contributed by atoms with Gasteiger partial charge in [-0.25, -0.2) is 9.37 Å². The number of carboxylic acid groups (broad SMARTS) is 1. The number of imidazole rings is 1. The van der Waals surface area contributed by atoms with Gasteiger partial charge in [0.2, 0.25) is 0 Å². The lowest BCUT2D eigenvalue weighted by molar-refractivity contribution is -0.138. The molecule has 0 spiro atoms. The predicted molar refractivity (Wildman–Crippen MR) is 151 cm³/mol. The standard InChI is InChI=1S/C32H39FN4O2/c1-2-23-7-8-30-34-18-29(37(30)19-23)24-10-15-35(16-11-24)20-26-21-36(32(12-4-13-32)14-9-31(38)39)22-28(26)25-5-3-6-27(33)17-25/h2-3,5-8,17-19,24,26,28H,1,4,9-16,20-22H2,(H,38,39)/t26-,28+/m0/s1. The number of pyridine rings is 1. The third-order valence-corrected chi connectivity index (χ3v) is 9.77. The molecule has 1 aliphatic carbocycles. The molecule has 1 N–H and O–H groups in total. The van der Waals surface area contributed by atoms with Gasteiger partial charge in [0.25, 0.3) is 0 Å². The minimum Gasteiger partial charge on any atom is -0.481 e. The van der Waals surface area contributed by atoms with Crippen LogP contribution in [0, 0.1) is 11.7 Å². The minimum atomic E-state index is -0.715. The van der Waals surface area contributed by atoms with E-state index in [0.717, 1.165) is 81.6 Å². The van der Waals surface area contributed by atoms with Gasteiger partial charge < -0.3 is 14.4 Å². The van der Waals surface area contributed by atoms with E-state index >= 15 is 0 Å². The maximum atomic E-state index is 14.3. The van der Waals surface area contributed by atoms with Crippen molar-refractivity contribution in [2.24, 2.45) is 5.92 Å². The van der Waals surface area contributed by atoms with Gasteiger partial charge in [0.15, 0.2) is 0 Å². The molecule has 3 fully saturated rings. The Morgan fingerprint density at radius 1 is 1.18 bits per heavy atom. The van der Waals surface area contributed by atoms with Gasteiger partial charge in [-0.15, -0.1) is 0 Å². The van der Waals surface area contributed by atoms with E-state index in [2.05, 4.69) is 50.2 Å². The Morgan fingerprint density at radius 3 is 2.69 bits per heavy atom. The van der Waals surface area contributed by atoms with Crippen LogP contribution in [0.3, 0.4) is 0 Å². The fourth-order valence-electron chi connectivity index (χ4n) is 7.39. The van der Waals surface area contributed by atoms with Crippen LogP contribution in [0.25, 0.3) is 11.7 Å². The van der Waals surface area contributed by atoms with Crippen LogP contribution < -0.4 is 0 Å².